The third-order valence-electron chi connectivity index (χ3n) is 6.36. The van der Waals surface area contributed by atoms with Crippen LogP contribution in [-0.2, 0) is 14.3 Å². The summed E-state index contributed by atoms with van der Waals surface area (Å²) in [5.74, 6) is -0.821. The normalized spacial score (nSPS) is 12.8. The number of anilines is 1. The number of unbranched alkanes of at least 4 members (excludes halogenated alkanes) is 4. The average molecular weight is 540 g/mol. The van der Waals surface area contributed by atoms with Gasteiger partial charge in [-0.2, -0.15) is 0 Å². The monoisotopic (exact) mass is 539 g/mol. The molecule has 2 aromatic carbocycles. The fourth-order valence-corrected chi connectivity index (χ4v) is 4.42. The zero-order valence-corrected chi connectivity index (χ0v) is 24.5. The second-order valence-corrected chi connectivity index (χ2v) is 11.1. The molecule has 0 fully saturated rings. The molecule has 0 spiro atoms. The van der Waals surface area contributed by atoms with E-state index in [0.717, 1.165) is 36.8 Å². The molecule has 3 N–H and O–H groups in total. The van der Waals surface area contributed by atoms with Gasteiger partial charge >= 0.3 is 6.09 Å². The van der Waals surface area contributed by atoms with Crippen LogP contribution in [0.2, 0.25) is 0 Å². The number of alkyl carbamates (subject to hydrolysis) is 1. The van der Waals surface area contributed by atoms with E-state index in [1.807, 2.05) is 32.0 Å². The molecule has 8 nitrogen and oxygen atoms in total. The number of amides is 3. The highest BCUT2D eigenvalue weighted by Gasteiger charge is 2.35. The Morgan fingerprint density at radius 1 is 0.974 bits per heavy atom. The summed E-state index contributed by atoms with van der Waals surface area (Å²) < 4.78 is 5.34. The van der Waals surface area contributed by atoms with E-state index in [1.165, 1.54) is 17.0 Å². The van der Waals surface area contributed by atoms with Crippen LogP contribution < -0.4 is 10.6 Å². The van der Waals surface area contributed by atoms with Gasteiger partial charge in [-0.3, -0.25) is 9.59 Å². The van der Waals surface area contributed by atoms with Crippen molar-refractivity contribution in [3.63, 3.8) is 0 Å². The number of aromatic hydroxyl groups is 1. The van der Waals surface area contributed by atoms with Crippen molar-refractivity contribution in [3.05, 3.63) is 59.2 Å². The Morgan fingerprint density at radius 3 is 2.18 bits per heavy atom. The SMILES string of the molecule is CCCCCCCN(C(=O)C(C)NC(=O)OC(C)(C)C)C(C(=O)Nc1c(C)cccc1C)c1cccc(O)c1. The number of rotatable bonds is 12. The van der Waals surface area contributed by atoms with Crippen LogP contribution in [-0.4, -0.2) is 46.1 Å². The minimum atomic E-state index is -1.03. The summed E-state index contributed by atoms with van der Waals surface area (Å²) in [7, 11) is 0. The molecule has 8 heteroatoms. The predicted octanol–water partition coefficient (Wildman–Crippen LogP) is 6.40. The molecule has 3 amide bonds. The number of benzene rings is 2. The summed E-state index contributed by atoms with van der Waals surface area (Å²) in [6, 6.07) is 10.2. The van der Waals surface area contributed by atoms with Gasteiger partial charge in [-0.25, -0.2) is 4.79 Å². The van der Waals surface area contributed by atoms with Gasteiger partial charge in [0.25, 0.3) is 5.91 Å². The van der Waals surface area contributed by atoms with Crippen LogP contribution in [0.1, 0.15) is 89.5 Å². The van der Waals surface area contributed by atoms with Crippen LogP contribution in [0.15, 0.2) is 42.5 Å². The Kier molecular flexibility index (Phi) is 11.8. The number of nitrogens with zero attached hydrogens (tertiary/aromatic N) is 1. The number of hydrogen-bond donors (Lipinski definition) is 3. The van der Waals surface area contributed by atoms with E-state index in [1.54, 1.807) is 39.8 Å². The first-order chi connectivity index (χ1) is 18.3. The molecule has 214 valence electrons. The number of hydrogen-bond acceptors (Lipinski definition) is 5. The van der Waals surface area contributed by atoms with Crippen molar-refractivity contribution in [2.75, 3.05) is 11.9 Å². The van der Waals surface area contributed by atoms with Gasteiger partial charge in [-0.15, -0.1) is 0 Å². The molecule has 0 bridgehead atoms. The maximum absolute atomic E-state index is 13.9. The minimum Gasteiger partial charge on any atom is -0.508 e. The lowest BCUT2D eigenvalue weighted by Crippen LogP contribution is -2.51. The zero-order chi connectivity index (χ0) is 29.2. The number of phenols is 1. The molecule has 0 aliphatic rings. The highest BCUT2D eigenvalue weighted by atomic mass is 16.6. The second kappa shape index (κ2) is 14.6. The number of carbonyl (C=O) groups is 3. The molecule has 0 aliphatic heterocycles. The van der Waals surface area contributed by atoms with Crippen molar-refractivity contribution in [1.29, 1.82) is 0 Å². The molecule has 2 atom stereocenters. The molecule has 2 aromatic rings. The van der Waals surface area contributed by atoms with Crippen LogP contribution in [0.25, 0.3) is 0 Å². The first-order valence-corrected chi connectivity index (χ1v) is 13.8. The van der Waals surface area contributed by atoms with Crippen LogP contribution >= 0.6 is 0 Å². The number of ether oxygens (including phenoxy) is 1. The third kappa shape index (κ3) is 9.93. The third-order valence-corrected chi connectivity index (χ3v) is 6.36. The van der Waals surface area contributed by atoms with E-state index in [4.69, 9.17) is 4.74 Å². The Labute approximate surface area is 233 Å². The van der Waals surface area contributed by atoms with Crippen LogP contribution in [0.4, 0.5) is 10.5 Å². The first kappa shape index (κ1) is 31.7. The molecular weight excluding hydrogens is 494 g/mol. The van der Waals surface area contributed by atoms with Crippen molar-refractivity contribution in [2.45, 2.75) is 98.3 Å². The van der Waals surface area contributed by atoms with E-state index < -0.39 is 35.6 Å². The fraction of sp³-hybridized carbons (Fsp3) is 0.516. The number of aryl methyl sites for hydroxylation is 2. The lowest BCUT2D eigenvalue weighted by atomic mass is 10.0. The van der Waals surface area contributed by atoms with Gasteiger partial charge in [-0.1, -0.05) is 62.9 Å². The van der Waals surface area contributed by atoms with Gasteiger partial charge in [0.1, 0.15) is 23.4 Å². The summed E-state index contributed by atoms with van der Waals surface area (Å²) in [6.45, 7) is 13.1. The quantitative estimate of drug-likeness (QED) is 0.271. The molecule has 0 aliphatic carbocycles. The Bertz CT molecular complexity index is 1110. The highest BCUT2D eigenvalue weighted by Crippen LogP contribution is 2.29. The maximum Gasteiger partial charge on any atom is 0.408 e. The Hall–Kier alpha value is -3.55. The van der Waals surface area contributed by atoms with Crippen LogP contribution in [0.5, 0.6) is 5.75 Å². The van der Waals surface area contributed by atoms with E-state index >= 15 is 0 Å². The summed E-state index contributed by atoms with van der Waals surface area (Å²) in [5.41, 5.74) is 2.24. The Morgan fingerprint density at radius 2 is 1.59 bits per heavy atom. The molecule has 0 heterocycles. The molecule has 39 heavy (non-hydrogen) atoms. The number of para-hydroxylation sites is 1. The zero-order valence-electron chi connectivity index (χ0n) is 24.5. The molecule has 0 radical (unpaired) electrons. The predicted molar refractivity (Wildman–Crippen MR) is 155 cm³/mol. The maximum atomic E-state index is 13.9. The van der Waals surface area contributed by atoms with Gasteiger partial charge in [0.2, 0.25) is 5.91 Å². The van der Waals surface area contributed by atoms with Crippen molar-refractivity contribution >= 4 is 23.6 Å². The molecule has 0 saturated carbocycles. The summed E-state index contributed by atoms with van der Waals surface area (Å²) in [4.78, 5) is 41.8. The number of carbonyl (C=O) groups excluding carboxylic acids is 3. The van der Waals surface area contributed by atoms with Crippen LogP contribution in [0, 0.1) is 13.8 Å². The van der Waals surface area contributed by atoms with Crippen molar-refractivity contribution in [1.82, 2.24) is 10.2 Å². The van der Waals surface area contributed by atoms with Gasteiger partial charge in [0.05, 0.1) is 0 Å². The lowest BCUT2D eigenvalue weighted by molar-refractivity contribution is -0.140. The molecule has 0 aromatic heterocycles. The molecule has 2 rings (SSSR count). The van der Waals surface area contributed by atoms with Crippen molar-refractivity contribution in [3.8, 4) is 5.75 Å². The van der Waals surface area contributed by atoms with Gasteiger partial charge in [0, 0.05) is 12.2 Å². The molecule has 0 saturated heterocycles. The molecular formula is C31H45N3O5. The number of nitrogens with one attached hydrogen (secondary N) is 2. The summed E-state index contributed by atoms with van der Waals surface area (Å²) in [6.07, 6.45) is 4.08. The Balaban J connectivity index is 2.46. The minimum absolute atomic E-state index is 0.00681. The lowest BCUT2D eigenvalue weighted by Gasteiger charge is -2.34. The van der Waals surface area contributed by atoms with E-state index in [-0.39, 0.29) is 5.75 Å². The summed E-state index contributed by atoms with van der Waals surface area (Å²) >= 11 is 0. The summed E-state index contributed by atoms with van der Waals surface area (Å²) in [5, 5.41) is 15.9. The van der Waals surface area contributed by atoms with Crippen LogP contribution in [0.3, 0.4) is 0 Å². The molecule has 2 unspecified atom stereocenters. The fourth-order valence-electron chi connectivity index (χ4n) is 4.42. The van der Waals surface area contributed by atoms with Gasteiger partial charge in [0.15, 0.2) is 0 Å². The standard InChI is InChI=1S/C31H45N3O5/c1-8-9-10-11-12-19-34(29(37)23(4)32-30(38)39-31(5,6)7)27(24-17-14-18-25(35)20-24)28(36)33-26-21(2)15-13-16-22(26)3/h13-18,20,23,27,35H,8-12,19H2,1-7H3,(H,32,38)(H,33,36). The van der Waals surface area contributed by atoms with Crippen molar-refractivity contribution in [2.24, 2.45) is 0 Å². The average Bonchev–Trinajstić information content (AvgIpc) is 2.83. The van der Waals surface area contributed by atoms with Crippen molar-refractivity contribution < 1.29 is 24.2 Å². The van der Waals surface area contributed by atoms with Gasteiger partial charge in [-0.05, 0) is 76.8 Å². The largest absolute Gasteiger partial charge is 0.508 e. The second-order valence-electron chi connectivity index (χ2n) is 11.1. The first-order valence-electron chi connectivity index (χ1n) is 13.8. The number of phenolic OH excluding ortho intramolecular Hbond substituents is 1. The topological polar surface area (TPSA) is 108 Å². The highest BCUT2D eigenvalue weighted by molar-refractivity contribution is 5.99. The van der Waals surface area contributed by atoms with E-state index in [0.29, 0.717) is 24.2 Å². The smallest absolute Gasteiger partial charge is 0.408 e. The van der Waals surface area contributed by atoms with E-state index in [9.17, 15) is 19.5 Å². The van der Waals surface area contributed by atoms with E-state index in [2.05, 4.69) is 17.6 Å². The van der Waals surface area contributed by atoms with Gasteiger partial charge < -0.3 is 25.4 Å².